The second kappa shape index (κ2) is 5.49. The zero-order chi connectivity index (χ0) is 16.0. The van der Waals surface area contributed by atoms with Gasteiger partial charge in [0.05, 0.1) is 15.7 Å². The highest BCUT2D eigenvalue weighted by Gasteiger charge is 2.45. The molecule has 118 valence electrons. The highest BCUT2D eigenvalue weighted by Crippen LogP contribution is 2.39. The molecule has 0 radical (unpaired) electrons. The van der Waals surface area contributed by atoms with Gasteiger partial charge in [0.2, 0.25) is 10.0 Å². The quantitative estimate of drug-likeness (QED) is 0.835. The van der Waals surface area contributed by atoms with Gasteiger partial charge in [0, 0.05) is 6.04 Å². The van der Waals surface area contributed by atoms with Crippen molar-refractivity contribution < 1.29 is 21.6 Å². The second-order valence-electron chi connectivity index (χ2n) is 4.67. The van der Waals surface area contributed by atoms with Gasteiger partial charge in [-0.1, -0.05) is 23.2 Å². The van der Waals surface area contributed by atoms with Crippen molar-refractivity contribution in [3.63, 3.8) is 0 Å². The fraction of sp³-hybridized carbons (Fsp3) is 0.455. The summed E-state index contributed by atoms with van der Waals surface area (Å²) in [4.78, 5) is -0.470. The van der Waals surface area contributed by atoms with E-state index in [1.807, 2.05) is 0 Å². The van der Waals surface area contributed by atoms with Crippen molar-refractivity contribution in [3.8, 4) is 0 Å². The van der Waals surface area contributed by atoms with E-state index in [1.165, 1.54) is 6.07 Å². The summed E-state index contributed by atoms with van der Waals surface area (Å²) in [5, 5.41) is -0.330. The molecule has 1 aromatic rings. The fourth-order valence-corrected chi connectivity index (χ4v) is 4.24. The summed E-state index contributed by atoms with van der Waals surface area (Å²) >= 11 is 11.5. The van der Waals surface area contributed by atoms with Crippen LogP contribution in [0.5, 0.6) is 0 Å². The van der Waals surface area contributed by atoms with Crippen LogP contribution in [0.3, 0.4) is 0 Å². The molecule has 10 heteroatoms. The zero-order valence-corrected chi connectivity index (χ0v) is 12.8. The summed E-state index contributed by atoms with van der Waals surface area (Å²) in [6, 6.07) is 1.58. The standard InChI is InChI=1S/C11H11Cl2F3N2O2S/c12-7-3-4-8(9(13)10(7)17)21(19,20)18(6-1-2-6)5-11(14,15)16/h3-4,6H,1-2,5,17H2. The van der Waals surface area contributed by atoms with Crippen molar-refractivity contribution in [1.82, 2.24) is 4.31 Å². The molecule has 1 aliphatic carbocycles. The Labute approximate surface area is 129 Å². The minimum Gasteiger partial charge on any atom is -0.396 e. The first-order valence-corrected chi connectivity index (χ1v) is 8.05. The monoisotopic (exact) mass is 362 g/mol. The van der Waals surface area contributed by atoms with Crippen molar-refractivity contribution in [3.05, 3.63) is 22.2 Å². The van der Waals surface area contributed by atoms with Gasteiger partial charge in [0.15, 0.2) is 0 Å². The SMILES string of the molecule is Nc1c(Cl)ccc(S(=O)(=O)N(CC(F)(F)F)C2CC2)c1Cl. The number of sulfonamides is 1. The number of hydrogen-bond donors (Lipinski definition) is 1. The first kappa shape index (κ1) is 16.7. The van der Waals surface area contributed by atoms with Gasteiger partial charge in [0.25, 0.3) is 0 Å². The second-order valence-corrected chi connectivity index (χ2v) is 7.31. The van der Waals surface area contributed by atoms with E-state index in [9.17, 15) is 21.6 Å². The Hall–Kier alpha value is -0.700. The van der Waals surface area contributed by atoms with Crippen molar-refractivity contribution in [2.75, 3.05) is 12.3 Å². The zero-order valence-electron chi connectivity index (χ0n) is 10.5. The minimum absolute atomic E-state index is 0.0349. The van der Waals surface area contributed by atoms with Crippen LogP contribution in [-0.2, 0) is 10.0 Å². The van der Waals surface area contributed by atoms with Crippen molar-refractivity contribution >= 4 is 38.9 Å². The third kappa shape index (κ3) is 3.56. The molecule has 0 unspecified atom stereocenters. The lowest BCUT2D eigenvalue weighted by Crippen LogP contribution is -2.40. The summed E-state index contributed by atoms with van der Waals surface area (Å²) in [5.41, 5.74) is 5.35. The number of nitrogen functional groups attached to an aromatic ring is 1. The molecule has 0 saturated heterocycles. The maximum atomic E-state index is 12.6. The largest absolute Gasteiger partial charge is 0.402 e. The van der Waals surface area contributed by atoms with Crippen molar-refractivity contribution in [2.24, 2.45) is 0 Å². The Bertz CT molecular complexity index is 660. The molecule has 0 amide bonds. The Morgan fingerprint density at radius 3 is 2.33 bits per heavy atom. The average Bonchev–Trinajstić information content (AvgIpc) is 3.15. The maximum Gasteiger partial charge on any atom is 0.402 e. The predicted molar refractivity (Wildman–Crippen MR) is 73.8 cm³/mol. The predicted octanol–water partition coefficient (Wildman–Crippen LogP) is 3.29. The highest BCUT2D eigenvalue weighted by atomic mass is 35.5. The van der Waals surface area contributed by atoms with Gasteiger partial charge in [-0.05, 0) is 25.0 Å². The van der Waals surface area contributed by atoms with Crippen LogP contribution in [0.25, 0.3) is 0 Å². The summed E-state index contributed by atoms with van der Waals surface area (Å²) in [6.45, 7) is -1.56. The van der Waals surface area contributed by atoms with Gasteiger partial charge < -0.3 is 5.73 Å². The van der Waals surface area contributed by atoms with E-state index in [2.05, 4.69) is 0 Å². The Morgan fingerprint density at radius 1 is 1.29 bits per heavy atom. The van der Waals surface area contributed by atoms with Gasteiger partial charge in [0.1, 0.15) is 11.4 Å². The van der Waals surface area contributed by atoms with E-state index in [0.717, 1.165) is 6.07 Å². The number of alkyl halides is 3. The van der Waals surface area contributed by atoms with E-state index in [1.54, 1.807) is 0 Å². The number of benzene rings is 1. The third-order valence-corrected chi connectivity index (χ3v) is 5.76. The average molecular weight is 363 g/mol. The number of rotatable bonds is 4. The molecule has 0 aliphatic heterocycles. The third-order valence-electron chi connectivity index (χ3n) is 2.97. The van der Waals surface area contributed by atoms with Crippen LogP contribution >= 0.6 is 23.2 Å². The number of halogens is 5. The molecule has 1 saturated carbocycles. The summed E-state index contributed by atoms with van der Waals surface area (Å²) in [6.07, 6.45) is -3.87. The molecular formula is C11H11Cl2F3N2O2S. The molecule has 1 aliphatic rings. The van der Waals surface area contributed by atoms with E-state index >= 15 is 0 Å². The molecule has 0 heterocycles. The number of hydrogen-bond acceptors (Lipinski definition) is 3. The summed E-state index contributed by atoms with van der Waals surface area (Å²) in [7, 11) is -4.40. The molecule has 1 aromatic carbocycles. The molecule has 21 heavy (non-hydrogen) atoms. The molecule has 1 fully saturated rings. The Balaban J connectivity index is 2.47. The molecule has 2 N–H and O–H groups in total. The maximum absolute atomic E-state index is 12.6. The normalized spacial score (nSPS) is 16.5. The first-order chi connectivity index (χ1) is 9.54. The molecule has 0 atom stereocenters. The number of nitrogens with two attached hydrogens (primary N) is 1. The lowest BCUT2D eigenvalue weighted by atomic mass is 10.3. The molecule has 0 aromatic heterocycles. The molecular weight excluding hydrogens is 352 g/mol. The lowest BCUT2D eigenvalue weighted by Gasteiger charge is -2.24. The Morgan fingerprint density at radius 2 is 1.86 bits per heavy atom. The smallest absolute Gasteiger partial charge is 0.396 e. The number of nitrogens with zero attached hydrogens (tertiary/aromatic N) is 1. The van der Waals surface area contributed by atoms with Crippen LogP contribution < -0.4 is 5.73 Å². The van der Waals surface area contributed by atoms with E-state index in [4.69, 9.17) is 28.9 Å². The van der Waals surface area contributed by atoms with Crippen LogP contribution in [0.4, 0.5) is 18.9 Å². The van der Waals surface area contributed by atoms with Crippen molar-refractivity contribution in [1.29, 1.82) is 0 Å². The van der Waals surface area contributed by atoms with Crippen molar-refractivity contribution in [2.45, 2.75) is 30.0 Å². The minimum atomic E-state index is -4.64. The Kier molecular flexibility index (Phi) is 4.36. The lowest BCUT2D eigenvalue weighted by molar-refractivity contribution is -0.137. The molecule has 0 spiro atoms. The van der Waals surface area contributed by atoms with Gasteiger partial charge in [-0.3, -0.25) is 0 Å². The van der Waals surface area contributed by atoms with Crippen LogP contribution in [0.2, 0.25) is 10.0 Å². The van der Waals surface area contributed by atoms with Crippen LogP contribution in [0.1, 0.15) is 12.8 Å². The summed E-state index contributed by atoms with van der Waals surface area (Å²) in [5.74, 6) is 0. The van der Waals surface area contributed by atoms with Gasteiger partial charge in [-0.25, -0.2) is 8.42 Å². The highest BCUT2D eigenvalue weighted by molar-refractivity contribution is 7.89. The van der Waals surface area contributed by atoms with Crippen LogP contribution in [0.15, 0.2) is 17.0 Å². The van der Waals surface area contributed by atoms with E-state index in [-0.39, 0.29) is 15.7 Å². The van der Waals surface area contributed by atoms with E-state index < -0.39 is 33.7 Å². The van der Waals surface area contributed by atoms with Gasteiger partial charge in [-0.15, -0.1) is 0 Å². The van der Waals surface area contributed by atoms with Gasteiger partial charge >= 0.3 is 6.18 Å². The molecule has 0 bridgehead atoms. The van der Waals surface area contributed by atoms with E-state index in [0.29, 0.717) is 17.1 Å². The van der Waals surface area contributed by atoms with Gasteiger partial charge in [-0.2, -0.15) is 17.5 Å². The summed E-state index contributed by atoms with van der Waals surface area (Å²) < 4.78 is 63.1. The fourth-order valence-electron chi connectivity index (χ4n) is 1.82. The first-order valence-electron chi connectivity index (χ1n) is 5.86. The molecule has 2 rings (SSSR count). The van der Waals surface area contributed by atoms with Crippen LogP contribution in [-0.4, -0.2) is 31.5 Å². The molecule has 4 nitrogen and oxygen atoms in total. The number of anilines is 1. The topological polar surface area (TPSA) is 63.4 Å². The van der Waals surface area contributed by atoms with Crippen LogP contribution in [0, 0.1) is 0 Å².